The molecule has 1 aliphatic rings. The van der Waals surface area contributed by atoms with Crippen molar-refractivity contribution in [1.29, 1.82) is 0 Å². The number of rotatable bonds is 9. The van der Waals surface area contributed by atoms with E-state index in [1.807, 2.05) is 4.90 Å². The number of hydrogen-bond acceptors (Lipinski definition) is 9. The number of carbonyl (C=O) groups is 3. The van der Waals surface area contributed by atoms with Gasteiger partial charge in [0.15, 0.2) is 5.75 Å². The smallest absolute Gasteiger partial charge is 0.317 e. The summed E-state index contributed by atoms with van der Waals surface area (Å²) in [6.07, 6.45) is 1.61. The van der Waals surface area contributed by atoms with E-state index in [4.69, 9.17) is 0 Å². The van der Waals surface area contributed by atoms with E-state index in [1.54, 1.807) is 33.9 Å². The van der Waals surface area contributed by atoms with Gasteiger partial charge < -0.3 is 25.0 Å². The van der Waals surface area contributed by atoms with Crippen LogP contribution in [0.3, 0.4) is 0 Å². The molecule has 1 aromatic heterocycles. The summed E-state index contributed by atoms with van der Waals surface area (Å²) >= 11 is 0. The molecule has 0 saturated carbocycles. The Balaban J connectivity index is 2.24. The molecular weight excluding hydrogens is 462 g/mol. The summed E-state index contributed by atoms with van der Waals surface area (Å²) in [5.74, 6) is -3.35. The first kappa shape index (κ1) is 28.2. The second-order valence-corrected chi connectivity index (χ2v) is 8.57. The van der Waals surface area contributed by atoms with Crippen LogP contribution < -0.4 is 5.56 Å². The molecular formula is C22H35N5O8. The quantitative estimate of drug-likeness (QED) is 0.314. The number of nitrogens with zero attached hydrogens (tertiary/aromatic N) is 5. The summed E-state index contributed by atoms with van der Waals surface area (Å²) < 4.78 is 1.39. The summed E-state index contributed by atoms with van der Waals surface area (Å²) in [6, 6.07) is 1.67. The maximum absolute atomic E-state index is 12.3. The van der Waals surface area contributed by atoms with Crippen LogP contribution >= 0.6 is 0 Å². The Kier molecular flexibility index (Phi) is 11.1. The lowest BCUT2D eigenvalue weighted by atomic mass is 10.2. The van der Waals surface area contributed by atoms with Crippen LogP contribution in [0.15, 0.2) is 17.1 Å². The van der Waals surface area contributed by atoms with Crippen LogP contribution in [-0.4, -0.2) is 134 Å². The number of carboxylic acids is 3. The maximum atomic E-state index is 12.3. The molecule has 0 amide bonds. The van der Waals surface area contributed by atoms with Crippen molar-refractivity contribution in [2.75, 3.05) is 72.0 Å². The van der Waals surface area contributed by atoms with E-state index in [0.717, 1.165) is 0 Å². The number of aryl methyl sites for hydroxylation is 1. The monoisotopic (exact) mass is 497 g/mol. The molecule has 0 bridgehead atoms. The van der Waals surface area contributed by atoms with Crippen molar-refractivity contribution in [3.63, 3.8) is 0 Å². The third-order valence-electron chi connectivity index (χ3n) is 5.96. The van der Waals surface area contributed by atoms with Gasteiger partial charge in [-0.1, -0.05) is 0 Å². The fraction of sp³-hybridized carbons (Fsp3) is 0.636. The Labute approximate surface area is 203 Å². The van der Waals surface area contributed by atoms with Crippen molar-refractivity contribution in [1.82, 2.24) is 24.2 Å². The van der Waals surface area contributed by atoms with Crippen molar-refractivity contribution in [2.45, 2.75) is 20.0 Å². The van der Waals surface area contributed by atoms with Crippen LogP contribution in [0, 0.1) is 0 Å². The first-order chi connectivity index (χ1) is 16.6. The highest BCUT2D eigenvalue weighted by atomic mass is 16.4. The molecule has 35 heavy (non-hydrogen) atoms. The minimum Gasteiger partial charge on any atom is -0.503 e. The van der Waals surface area contributed by atoms with E-state index in [0.29, 0.717) is 64.5 Å². The highest BCUT2D eigenvalue weighted by Crippen LogP contribution is 2.14. The molecule has 0 atom stereocenters. The fourth-order valence-electron chi connectivity index (χ4n) is 4.00. The van der Waals surface area contributed by atoms with Crippen molar-refractivity contribution in [2.24, 2.45) is 0 Å². The zero-order chi connectivity index (χ0) is 26.0. The van der Waals surface area contributed by atoms with Gasteiger partial charge in [-0.15, -0.1) is 0 Å². The van der Waals surface area contributed by atoms with E-state index in [9.17, 15) is 39.6 Å². The van der Waals surface area contributed by atoms with E-state index in [1.165, 1.54) is 4.57 Å². The number of aromatic nitrogens is 1. The van der Waals surface area contributed by atoms with Gasteiger partial charge in [-0.25, -0.2) is 0 Å². The molecule has 13 heteroatoms. The van der Waals surface area contributed by atoms with Gasteiger partial charge in [0.05, 0.1) is 19.6 Å². The van der Waals surface area contributed by atoms with Crippen LogP contribution in [0.4, 0.5) is 0 Å². The SMILES string of the molecule is CCn1ccc(CN2CCN(CC(=O)O)CCN(CC(=O)O)CCN(CC(=O)O)CC2)c(O)c1=O. The number of hydrogen-bond donors (Lipinski definition) is 4. The Morgan fingerprint density at radius 3 is 1.46 bits per heavy atom. The van der Waals surface area contributed by atoms with Crippen molar-refractivity contribution in [3.8, 4) is 5.75 Å². The van der Waals surface area contributed by atoms with Gasteiger partial charge in [-0.3, -0.25) is 38.8 Å². The summed E-state index contributed by atoms with van der Waals surface area (Å²) in [4.78, 5) is 53.4. The summed E-state index contributed by atoms with van der Waals surface area (Å²) in [5, 5.41) is 38.2. The Morgan fingerprint density at radius 1 is 0.743 bits per heavy atom. The topological polar surface area (TPSA) is 167 Å². The molecule has 0 spiro atoms. The van der Waals surface area contributed by atoms with Gasteiger partial charge in [-0.05, 0) is 13.0 Å². The second kappa shape index (κ2) is 13.8. The summed E-state index contributed by atoms with van der Waals surface area (Å²) in [5.41, 5.74) is -0.0492. The van der Waals surface area contributed by atoms with Gasteiger partial charge in [0.2, 0.25) is 0 Å². The van der Waals surface area contributed by atoms with Crippen LogP contribution in [0.2, 0.25) is 0 Å². The van der Waals surface area contributed by atoms with Crippen molar-refractivity contribution < 1.29 is 34.8 Å². The lowest BCUT2D eigenvalue weighted by Crippen LogP contribution is -2.48. The van der Waals surface area contributed by atoms with Gasteiger partial charge in [0.25, 0.3) is 5.56 Å². The predicted molar refractivity (Wildman–Crippen MR) is 126 cm³/mol. The molecule has 1 fully saturated rings. The van der Waals surface area contributed by atoms with Crippen LogP contribution in [0.25, 0.3) is 0 Å². The number of aromatic hydroxyl groups is 1. The Morgan fingerprint density at radius 2 is 1.11 bits per heavy atom. The van der Waals surface area contributed by atoms with Crippen molar-refractivity contribution in [3.05, 3.63) is 28.2 Å². The number of pyridine rings is 1. The van der Waals surface area contributed by atoms with E-state index < -0.39 is 23.5 Å². The molecule has 2 heterocycles. The number of carboxylic acid groups (broad SMARTS) is 3. The average Bonchev–Trinajstić information content (AvgIpc) is 2.77. The molecule has 1 saturated heterocycles. The molecule has 0 radical (unpaired) electrons. The minimum atomic E-state index is -1.01. The van der Waals surface area contributed by atoms with Gasteiger partial charge >= 0.3 is 17.9 Å². The molecule has 4 N–H and O–H groups in total. The van der Waals surface area contributed by atoms with Crippen molar-refractivity contribution >= 4 is 17.9 Å². The molecule has 1 aliphatic heterocycles. The molecule has 0 unspecified atom stereocenters. The summed E-state index contributed by atoms with van der Waals surface area (Å²) in [6.45, 7) is 4.61. The maximum Gasteiger partial charge on any atom is 0.317 e. The molecule has 13 nitrogen and oxygen atoms in total. The van der Waals surface area contributed by atoms with Gasteiger partial charge in [0.1, 0.15) is 0 Å². The van der Waals surface area contributed by atoms with E-state index in [2.05, 4.69) is 0 Å². The minimum absolute atomic E-state index is 0.211. The van der Waals surface area contributed by atoms with Crippen LogP contribution in [0.5, 0.6) is 5.75 Å². The zero-order valence-electron chi connectivity index (χ0n) is 20.0. The fourth-order valence-corrected chi connectivity index (χ4v) is 4.00. The van der Waals surface area contributed by atoms with Crippen LogP contribution in [-0.2, 0) is 27.5 Å². The van der Waals surface area contributed by atoms with E-state index in [-0.39, 0.29) is 31.9 Å². The molecule has 1 aromatic rings. The third-order valence-corrected chi connectivity index (χ3v) is 5.96. The standard InChI is InChI=1S/C22H35N5O8/c1-2-27-4-3-17(21(34)22(27)35)13-23-5-7-24(14-18(28)29)9-11-26(16-20(32)33)12-10-25(8-6-23)15-19(30)31/h3-4,34H,2,5-16H2,1H3,(H,28,29)(H,30,31)(H,32,33). The number of aliphatic carboxylic acids is 3. The predicted octanol–water partition coefficient (Wildman–Crippen LogP) is -1.45. The molecule has 0 aliphatic carbocycles. The molecule has 196 valence electrons. The van der Waals surface area contributed by atoms with Gasteiger partial charge in [0, 0.05) is 77.2 Å². The highest BCUT2D eigenvalue weighted by Gasteiger charge is 2.21. The lowest BCUT2D eigenvalue weighted by Gasteiger charge is -2.33. The first-order valence-electron chi connectivity index (χ1n) is 11.5. The Bertz CT molecular complexity index is 905. The van der Waals surface area contributed by atoms with E-state index >= 15 is 0 Å². The lowest BCUT2D eigenvalue weighted by molar-refractivity contribution is -0.140. The third kappa shape index (κ3) is 9.64. The zero-order valence-corrected chi connectivity index (χ0v) is 20.0. The highest BCUT2D eigenvalue weighted by molar-refractivity contribution is 5.69. The normalized spacial score (nSPS) is 18.0. The van der Waals surface area contributed by atoms with Gasteiger partial charge in [-0.2, -0.15) is 0 Å². The average molecular weight is 498 g/mol. The second-order valence-electron chi connectivity index (χ2n) is 8.57. The molecule has 0 aromatic carbocycles. The Hall–Kier alpha value is -3.00. The largest absolute Gasteiger partial charge is 0.503 e. The van der Waals surface area contributed by atoms with Crippen LogP contribution in [0.1, 0.15) is 12.5 Å². The molecule has 2 rings (SSSR count). The summed E-state index contributed by atoms with van der Waals surface area (Å²) in [7, 11) is 0. The first-order valence-corrected chi connectivity index (χ1v) is 11.5.